The van der Waals surface area contributed by atoms with E-state index in [9.17, 15) is 0 Å². The van der Waals surface area contributed by atoms with Gasteiger partial charge in [-0.05, 0) is 39.9 Å². The van der Waals surface area contributed by atoms with E-state index < -0.39 is 0 Å². The van der Waals surface area contributed by atoms with E-state index in [4.69, 9.17) is 0 Å². The number of likely N-dealkylation sites (tertiary alicyclic amines) is 1. The predicted octanol–water partition coefficient (Wildman–Crippen LogP) is 2.37. The van der Waals surface area contributed by atoms with Gasteiger partial charge in [-0.25, -0.2) is 4.98 Å². The molecule has 0 aromatic carbocycles. The molecule has 0 amide bonds. The van der Waals surface area contributed by atoms with E-state index in [1.54, 1.807) is 0 Å². The van der Waals surface area contributed by atoms with Gasteiger partial charge in [-0.15, -0.1) is 11.3 Å². The smallest absolute Gasteiger partial charge is 0.0897 e. The van der Waals surface area contributed by atoms with Crippen molar-refractivity contribution in [2.24, 2.45) is 0 Å². The maximum atomic E-state index is 4.30. The zero-order valence-electron chi connectivity index (χ0n) is 11.0. The first-order valence-electron chi connectivity index (χ1n) is 6.56. The van der Waals surface area contributed by atoms with Crippen LogP contribution in [0, 0.1) is 6.92 Å². The standard InChI is InChI=1S/C13H23N3S/c1-12-14-10-13(17-12)11-15(2)8-9-16-6-4-3-5-7-16/h10H,3-9,11H2,1-2H3. The maximum Gasteiger partial charge on any atom is 0.0897 e. The van der Waals surface area contributed by atoms with E-state index in [1.807, 2.05) is 17.5 Å². The monoisotopic (exact) mass is 253 g/mol. The molecule has 4 heteroatoms. The number of likely N-dealkylation sites (N-methyl/N-ethyl adjacent to an activating group) is 1. The molecule has 2 heterocycles. The number of piperidine rings is 1. The second-order valence-electron chi connectivity index (χ2n) is 4.99. The zero-order chi connectivity index (χ0) is 12.1. The Labute approximate surface area is 108 Å². The molecule has 3 nitrogen and oxygen atoms in total. The summed E-state index contributed by atoms with van der Waals surface area (Å²) in [6.07, 6.45) is 6.21. The number of nitrogens with zero attached hydrogens (tertiary/aromatic N) is 3. The molecule has 0 radical (unpaired) electrons. The number of rotatable bonds is 5. The fourth-order valence-electron chi connectivity index (χ4n) is 2.32. The van der Waals surface area contributed by atoms with Gasteiger partial charge >= 0.3 is 0 Å². The molecule has 1 aromatic rings. The number of hydrogen-bond donors (Lipinski definition) is 0. The van der Waals surface area contributed by atoms with E-state index in [2.05, 4.69) is 28.8 Å². The van der Waals surface area contributed by atoms with Crippen LogP contribution in [0.5, 0.6) is 0 Å². The topological polar surface area (TPSA) is 19.4 Å². The van der Waals surface area contributed by atoms with Gasteiger partial charge in [-0.2, -0.15) is 0 Å². The lowest BCUT2D eigenvalue weighted by atomic mass is 10.1. The van der Waals surface area contributed by atoms with E-state index >= 15 is 0 Å². The van der Waals surface area contributed by atoms with Crippen LogP contribution in [0.2, 0.25) is 0 Å². The molecule has 0 atom stereocenters. The fourth-order valence-corrected chi connectivity index (χ4v) is 3.19. The van der Waals surface area contributed by atoms with Crippen molar-refractivity contribution in [2.45, 2.75) is 32.7 Å². The van der Waals surface area contributed by atoms with Crippen LogP contribution in [0.25, 0.3) is 0 Å². The normalized spacial score (nSPS) is 17.8. The van der Waals surface area contributed by atoms with Crippen LogP contribution in [-0.2, 0) is 6.54 Å². The minimum Gasteiger partial charge on any atom is -0.302 e. The van der Waals surface area contributed by atoms with Gasteiger partial charge in [-0.1, -0.05) is 6.42 Å². The Balaban J connectivity index is 1.68. The lowest BCUT2D eigenvalue weighted by Gasteiger charge is -2.28. The van der Waals surface area contributed by atoms with Crippen LogP contribution in [0.1, 0.15) is 29.1 Å². The van der Waals surface area contributed by atoms with E-state index in [0.717, 1.165) is 13.1 Å². The highest BCUT2D eigenvalue weighted by Crippen LogP contribution is 2.13. The van der Waals surface area contributed by atoms with Crippen molar-refractivity contribution in [3.8, 4) is 0 Å². The first-order chi connectivity index (χ1) is 8.24. The molecule has 0 N–H and O–H groups in total. The van der Waals surface area contributed by atoms with Crippen LogP contribution in [0.3, 0.4) is 0 Å². The summed E-state index contributed by atoms with van der Waals surface area (Å²) in [5.41, 5.74) is 0. The average Bonchev–Trinajstić information content (AvgIpc) is 2.73. The van der Waals surface area contributed by atoms with Crippen molar-refractivity contribution in [3.63, 3.8) is 0 Å². The molecule has 1 fully saturated rings. The maximum absolute atomic E-state index is 4.30. The largest absolute Gasteiger partial charge is 0.302 e. The molecule has 1 aliphatic heterocycles. The Morgan fingerprint density at radius 2 is 2.12 bits per heavy atom. The molecule has 0 bridgehead atoms. The summed E-state index contributed by atoms with van der Waals surface area (Å²) in [5.74, 6) is 0. The molecule has 1 aromatic heterocycles. The predicted molar refractivity (Wildman–Crippen MR) is 73.5 cm³/mol. The Bertz CT molecular complexity index is 331. The summed E-state index contributed by atoms with van der Waals surface area (Å²) in [6, 6.07) is 0. The van der Waals surface area contributed by atoms with Crippen molar-refractivity contribution in [1.82, 2.24) is 14.8 Å². The lowest BCUT2D eigenvalue weighted by Crippen LogP contribution is -2.36. The summed E-state index contributed by atoms with van der Waals surface area (Å²) < 4.78 is 0. The molecule has 0 saturated carbocycles. The second-order valence-corrected chi connectivity index (χ2v) is 6.30. The minimum absolute atomic E-state index is 1.04. The summed E-state index contributed by atoms with van der Waals surface area (Å²) in [4.78, 5) is 10.7. The zero-order valence-corrected chi connectivity index (χ0v) is 11.8. The Morgan fingerprint density at radius 3 is 2.76 bits per heavy atom. The number of aryl methyl sites for hydroxylation is 1. The van der Waals surface area contributed by atoms with Gasteiger partial charge in [-0.3, -0.25) is 4.90 Å². The molecular formula is C13H23N3S. The highest BCUT2D eigenvalue weighted by atomic mass is 32.1. The van der Waals surface area contributed by atoms with E-state index in [-0.39, 0.29) is 0 Å². The number of thiazole rings is 1. The third kappa shape index (κ3) is 4.37. The van der Waals surface area contributed by atoms with Crippen LogP contribution in [-0.4, -0.2) is 48.0 Å². The van der Waals surface area contributed by atoms with E-state index in [0.29, 0.717) is 0 Å². The lowest BCUT2D eigenvalue weighted by molar-refractivity contribution is 0.194. The molecule has 1 saturated heterocycles. The van der Waals surface area contributed by atoms with Gasteiger partial charge < -0.3 is 4.90 Å². The van der Waals surface area contributed by atoms with Crippen LogP contribution in [0.15, 0.2) is 6.20 Å². The van der Waals surface area contributed by atoms with Gasteiger partial charge in [0.1, 0.15) is 0 Å². The minimum atomic E-state index is 1.04. The third-order valence-corrected chi connectivity index (χ3v) is 4.24. The van der Waals surface area contributed by atoms with Crippen LogP contribution >= 0.6 is 11.3 Å². The van der Waals surface area contributed by atoms with Gasteiger partial charge in [0.15, 0.2) is 0 Å². The van der Waals surface area contributed by atoms with Crippen LogP contribution in [0.4, 0.5) is 0 Å². The van der Waals surface area contributed by atoms with Crippen molar-refractivity contribution in [3.05, 3.63) is 16.1 Å². The Morgan fingerprint density at radius 1 is 1.35 bits per heavy atom. The quantitative estimate of drug-likeness (QED) is 0.803. The summed E-state index contributed by atoms with van der Waals surface area (Å²) in [5, 5.41) is 1.17. The molecule has 0 unspecified atom stereocenters. The third-order valence-electron chi connectivity index (χ3n) is 3.34. The fraction of sp³-hybridized carbons (Fsp3) is 0.769. The van der Waals surface area contributed by atoms with Gasteiger partial charge in [0.05, 0.1) is 5.01 Å². The second kappa shape index (κ2) is 6.47. The highest BCUT2D eigenvalue weighted by Gasteiger charge is 2.11. The first-order valence-corrected chi connectivity index (χ1v) is 7.38. The average molecular weight is 253 g/mol. The SMILES string of the molecule is Cc1ncc(CN(C)CCN2CCCCC2)s1. The summed E-state index contributed by atoms with van der Waals surface area (Å²) in [7, 11) is 2.21. The molecule has 96 valence electrons. The van der Waals surface area contributed by atoms with Crippen LogP contribution < -0.4 is 0 Å². The highest BCUT2D eigenvalue weighted by molar-refractivity contribution is 7.11. The molecule has 2 rings (SSSR count). The van der Waals surface area contributed by atoms with Gasteiger partial charge in [0, 0.05) is 30.7 Å². The molecule has 0 aliphatic carbocycles. The van der Waals surface area contributed by atoms with Crippen molar-refractivity contribution < 1.29 is 0 Å². The number of aromatic nitrogens is 1. The Hall–Kier alpha value is -0.450. The summed E-state index contributed by atoms with van der Waals surface area (Å²) >= 11 is 1.81. The first kappa shape index (κ1) is 13.0. The van der Waals surface area contributed by atoms with Gasteiger partial charge in [0.2, 0.25) is 0 Å². The molecule has 17 heavy (non-hydrogen) atoms. The Kier molecular flexibility index (Phi) is 4.95. The summed E-state index contributed by atoms with van der Waals surface area (Å²) in [6.45, 7) is 8.09. The molecule has 0 spiro atoms. The van der Waals surface area contributed by atoms with E-state index in [1.165, 1.54) is 48.8 Å². The number of hydrogen-bond acceptors (Lipinski definition) is 4. The van der Waals surface area contributed by atoms with Crippen molar-refractivity contribution >= 4 is 11.3 Å². The van der Waals surface area contributed by atoms with Crippen molar-refractivity contribution in [2.75, 3.05) is 33.2 Å². The van der Waals surface area contributed by atoms with Crippen molar-refractivity contribution in [1.29, 1.82) is 0 Å². The molecular weight excluding hydrogens is 230 g/mol. The molecule has 1 aliphatic rings. The van der Waals surface area contributed by atoms with Gasteiger partial charge in [0.25, 0.3) is 0 Å².